The van der Waals surface area contributed by atoms with Crippen LogP contribution in [0, 0.1) is 13.8 Å². The Hall–Kier alpha value is -3.67. The molecule has 1 saturated heterocycles. The minimum atomic E-state index is 0.193. The second-order valence-electron chi connectivity index (χ2n) is 8.30. The predicted octanol–water partition coefficient (Wildman–Crippen LogP) is 3.93. The molecule has 1 aliphatic heterocycles. The van der Waals surface area contributed by atoms with Crippen molar-refractivity contribution in [2.45, 2.75) is 20.3 Å². The van der Waals surface area contributed by atoms with Gasteiger partial charge in [-0.25, -0.2) is 9.67 Å². The summed E-state index contributed by atoms with van der Waals surface area (Å²) < 4.78 is 1.91. The molecule has 0 aliphatic carbocycles. The van der Waals surface area contributed by atoms with Crippen molar-refractivity contribution in [1.82, 2.24) is 19.7 Å². The van der Waals surface area contributed by atoms with Crippen molar-refractivity contribution < 1.29 is 4.79 Å². The summed E-state index contributed by atoms with van der Waals surface area (Å²) in [5.41, 5.74) is 4.32. The van der Waals surface area contributed by atoms with Crippen molar-refractivity contribution in [3.8, 4) is 5.82 Å². The third-order valence-electron chi connectivity index (χ3n) is 6.29. The zero-order valence-corrected chi connectivity index (χ0v) is 18.5. The van der Waals surface area contributed by atoms with E-state index in [0.717, 1.165) is 60.0 Å². The van der Waals surface area contributed by atoms with E-state index in [1.807, 2.05) is 52.9 Å². The highest BCUT2D eigenvalue weighted by Crippen LogP contribution is 2.27. The van der Waals surface area contributed by atoms with Gasteiger partial charge in [0.05, 0.1) is 23.5 Å². The Morgan fingerprint density at radius 2 is 1.66 bits per heavy atom. The number of anilines is 1. The second kappa shape index (κ2) is 8.46. The Labute approximate surface area is 188 Å². The summed E-state index contributed by atoms with van der Waals surface area (Å²) in [4.78, 5) is 21.8. The van der Waals surface area contributed by atoms with Crippen LogP contribution in [-0.2, 0) is 11.2 Å². The van der Waals surface area contributed by atoms with Crippen molar-refractivity contribution in [1.29, 1.82) is 0 Å². The lowest BCUT2D eigenvalue weighted by molar-refractivity contribution is -0.130. The normalized spacial score (nSPS) is 14.2. The first-order valence-corrected chi connectivity index (χ1v) is 11.1. The summed E-state index contributed by atoms with van der Waals surface area (Å²) in [5.74, 6) is 1.02. The largest absolute Gasteiger partial charge is 0.365 e. The Bertz CT molecular complexity index is 1250. The minimum absolute atomic E-state index is 0.193. The summed E-state index contributed by atoms with van der Waals surface area (Å²) in [5, 5.41) is 7.07. The van der Waals surface area contributed by atoms with Gasteiger partial charge in [-0.3, -0.25) is 4.79 Å². The molecule has 0 radical (unpaired) electrons. The number of hydrogen-bond donors (Lipinski definition) is 0. The number of rotatable bonds is 4. The lowest BCUT2D eigenvalue weighted by atomic mass is 10.0. The van der Waals surface area contributed by atoms with Gasteiger partial charge in [-0.1, -0.05) is 48.5 Å². The topological polar surface area (TPSA) is 54.3 Å². The van der Waals surface area contributed by atoms with Crippen LogP contribution in [-0.4, -0.2) is 51.8 Å². The summed E-state index contributed by atoms with van der Waals surface area (Å²) >= 11 is 0. The van der Waals surface area contributed by atoms with E-state index in [-0.39, 0.29) is 5.91 Å². The maximum absolute atomic E-state index is 13.1. The number of hydrogen-bond acceptors (Lipinski definition) is 4. The van der Waals surface area contributed by atoms with E-state index in [1.54, 1.807) is 6.20 Å². The molecule has 0 atom stereocenters. The van der Waals surface area contributed by atoms with E-state index in [9.17, 15) is 4.79 Å². The molecule has 0 saturated carbocycles. The standard InChI is InChI=1S/C26H27N5O/c1-19-26(20(2)31(28-19)24-12-5-6-13-27-24)30-16-14-29(15-17-30)25(32)18-22-10-7-9-21-8-3-4-11-23(21)22/h3-13H,14-18H2,1-2H3. The van der Waals surface area contributed by atoms with Gasteiger partial charge in [0.2, 0.25) is 5.91 Å². The summed E-state index contributed by atoms with van der Waals surface area (Å²) in [6, 6.07) is 20.3. The Kier molecular flexibility index (Phi) is 5.35. The van der Waals surface area contributed by atoms with Crippen LogP contribution in [0.1, 0.15) is 17.0 Å². The highest BCUT2D eigenvalue weighted by atomic mass is 16.2. The average Bonchev–Trinajstić information content (AvgIpc) is 3.13. The fourth-order valence-electron chi connectivity index (χ4n) is 4.70. The Morgan fingerprint density at radius 3 is 2.44 bits per heavy atom. The van der Waals surface area contributed by atoms with E-state index in [1.165, 1.54) is 5.39 Å². The molecule has 6 nitrogen and oxygen atoms in total. The molecule has 162 valence electrons. The molecule has 0 bridgehead atoms. The second-order valence-corrected chi connectivity index (χ2v) is 8.30. The molecule has 32 heavy (non-hydrogen) atoms. The van der Waals surface area contributed by atoms with Crippen LogP contribution in [0.5, 0.6) is 0 Å². The van der Waals surface area contributed by atoms with Gasteiger partial charge in [0.25, 0.3) is 0 Å². The van der Waals surface area contributed by atoms with Crippen molar-refractivity contribution in [2.24, 2.45) is 0 Å². The van der Waals surface area contributed by atoms with E-state index < -0.39 is 0 Å². The third-order valence-corrected chi connectivity index (χ3v) is 6.29. The summed E-state index contributed by atoms with van der Waals surface area (Å²) in [7, 11) is 0. The average molecular weight is 426 g/mol. The van der Waals surface area contributed by atoms with Gasteiger partial charge in [0, 0.05) is 32.4 Å². The number of piperazine rings is 1. The summed E-state index contributed by atoms with van der Waals surface area (Å²) in [6.07, 6.45) is 2.23. The van der Waals surface area contributed by atoms with Gasteiger partial charge in [-0.2, -0.15) is 5.10 Å². The van der Waals surface area contributed by atoms with E-state index in [0.29, 0.717) is 6.42 Å². The maximum atomic E-state index is 13.1. The summed E-state index contributed by atoms with van der Waals surface area (Å²) in [6.45, 7) is 7.17. The first-order valence-electron chi connectivity index (χ1n) is 11.1. The Balaban J connectivity index is 1.28. The van der Waals surface area contributed by atoms with Gasteiger partial charge < -0.3 is 9.80 Å². The zero-order valence-electron chi connectivity index (χ0n) is 18.5. The fraction of sp³-hybridized carbons (Fsp3) is 0.269. The monoisotopic (exact) mass is 425 g/mol. The van der Waals surface area contributed by atoms with Crippen molar-refractivity contribution in [2.75, 3.05) is 31.1 Å². The fourth-order valence-corrected chi connectivity index (χ4v) is 4.70. The molecule has 2 aromatic heterocycles. The number of carbonyl (C=O) groups is 1. The third kappa shape index (κ3) is 3.73. The van der Waals surface area contributed by atoms with Gasteiger partial charge in [0.1, 0.15) is 0 Å². The Morgan fingerprint density at radius 1 is 0.906 bits per heavy atom. The zero-order chi connectivity index (χ0) is 22.1. The van der Waals surface area contributed by atoms with Gasteiger partial charge in [0.15, 0.2) is 5.82 Å². The number of benzene rings is 2. The van der Waals surface area contributed by atoms with Crippen molar-refractivity contribution in [3.63, 3.8) is 0 Å². The van der Waals surface area contributed by atoms with Gasteiger partial charge in [-0.15, -0.1) is 0 Å². The number of pyridine rings is 1. The van der Waals surface area contributed by atoms with Gasteiger partial charge >= 0.3 is 0 Å². The number of carbonyl (C=O) groups excluding carboxylic acids is 1. The molecule has 0 unspecified atom stereocenters. The van der Waals surface area contributed by atoms with E-state index in [2.05, 4.69) is 41.1 Å². The molecule has 5 rings (SSSR count). The van der Waals surface area contributed by atoms with E-state index in [4.69, 9.17) is 5.10 Å². The quantitative estimate of drug-likeness (QED) is 0.497. The van der Waals surface area contributed by atoms with Crippen LogP contribution in [0.4, 0.5) is 5.69 Å². The molecule has 1 aliphatic rings. The van der Waals surface area contributed by atoms with Crippen LogP contribution >= 0.6 is 0 Å². The minimum Gasteiger partial charge on any atom is -0.365 e. The molecule has 6 heteroatoms. The van der Waals surface area contributed by atoms with Crippen LogP contribution in [0.15, 0.2) is 66.9 Å². The van der Waals surface area contributed by atoms with Crippen molar-refractivity contribution >= 4 is 22.4 Å². The SMILES string of the molecule is Cc1nn(-c2ccccn2)c(C)c1N1CCN(C(=O)Cc2cccc3ccccc23)CC1. The van der Waals surface area contributed by atoms with Crippen LogP contribution in [0.2, 0.25) is 0 Å². The highest BCUT2D eigenvalue weighted by Gasteiger charge is 2.26. The molecule has 0 N–H and O–H groups in total. The van der Waals surface area contributed by atoms with Crippen LogP contribution < -0.4 is 4.90 Å². The van der Waals surface area contributed by atoms with Crippen molar-refractivity contribution in [3.05, 3.63) is 83.8 Å². The lowest BCUT2D eigenvalue weighted by Crippen LogP contribution is -2.49. The number of fused-ring (bicyclic) bond motifs is 1. The maximum Gasteiger partial charge on any atom is 0.227 e. The highest BCUT2D eigenvalue weighted by molar-refractivity contribution is 5.90. The van der Waals surface area contributed by atoms with Gasteiger partial charge in [-0.05, 0) is 42.3 Å². The first-order chi connectivity index (χ1) is 15.6. The molecule has 3 heterocycles. The number of aryl methyl sites for hydroxylation is 1. The van der Waals surface area contributed by atoms with Crippen LogP contribution in [0.25, 0.3) is 16.6 Å². The molecule has 4 aromatic rings. The molecule has 1 fully saturated rings. The molecule has 1 amide bonds. The molecular formula is C26H27N5O. The number of aromatic nitrogens is 3. The molecule has 0 spiro atoms. The molecular weight excluding hydrogens is 398 g/mol. The first kappa shape index (κ1) is 20.2. The lowest BCUT2D eigenvalue weighted by Gasteiger charge is -2.36. The smallest absolute Gasteiger partial charge is 0.227 e. The number of amides is 1. The molecule has 2 aromatic carbocycles. The number of nitrogens with zero attached hydrogens (tertiary/aromatic N) is 5. The predicted molar refractivity (Wildman–Crippen MR) is 127 cm³/mol. The van der Waals surface area contributed by atoms with E-state index >= 15 is 0 Å². The van der Waals surface area contributed by atoms with Crippen LogP contribution in [0.3, 0.4) is 0 Å².